The molecule has 1 aliphatic heterocycles. The molecule has 5 nitrogen and oxygen atoms in total. The lowest BCUT2D eigenvalue weighted by Gasteiger charge is -2.59. The van der Waals surface area contributed by atoms with Gasteiger partial charge in [0.2, 0.25) is 0 Å². The van der Waals surface area contributed by atoms with E-state index >= 15 is 0 Å². The van der Waals surface area contributed by atoms with E-state index in [4.69, 9.17) is 9.47 Å². The van der Waals surface area contributed by atoms with Gasteiger partial charge in [-0.2, -0.15) is 0 Å². The Hall–Kier alpha value is -0.720. The van der Waals surface area contributed by atoms with Gasteiger partial charge >= 0.3 is 0 Å². The van der Waals surface area contributed by atoms with E-state index < -0.39 is 18.5 Å². The number of rotatable bonds is 8. The van der Waals surface area contributed by atoms with Crippen LogP contribution in [0.1, 0.15) is 98.8 Å². The van der Waals surface area contributed by atoms with Crippen molar-refractivity contribution in [3.05, 3.63) is 23.8 Å². The van der Waals surface area contributed by atoms with Crippen LogP contribution >= 0.6 is 0 Å². The van der Waals surface area contributed by atoms with Crippen LogP contribution in [0.25, 0.3) is 0 Å². The standard InChI is InChI=1S/C33H54O5/c1-20(2)7-6-8-21(3)24-9-10-25-31-26(14-16-33(24,25)5)32(4)15-13-23(17-22(32)18-28(31)36)37-30-12-11-27(35)29(19-34)38-30/h11-12,18,20-21,23-31,34-36H,6-10,13-17,19H2,1-5H3/t21-,23+,24-,25+,26+,27+,28-,29-,30+,31+,32+,33-/m1/s1. The smallest absolute Gasteiger partial charge is 0.177 e. The van der Waals surface area contributed by atoms with E-state index in [-0.39, 0.29) is 24.2 Å². The van der Waals surface area contributed by atoms with E-state index in [1.54, 1.807) is 12.2 Å². The molecule has 0 bridgehead atoms. The summed E-state index contributed by atoms with van der Waals surface area (Å²) in [7, 11) is 0. The molecule has 12 atom stereocenters. The van der Waals surface area contributed by atoms with Crippen molar-refractivity contribution in [1.29, 1.82) is 0 Å². The minimum absolute atomic E-state index is 0.0266. The first-order valence-electron chi connectivity index (χ1n) is 15.7. The molecule has 38 heavy (non-hydrogen) atoms. The molecule has 0 spiro atoms. The summed E-state index contributed by atoms with van der Waals surface area (Å²) in [5.41, 5.74) is 1.88. The Morgan fingerprint density at radius 2 is 1.76 bits per heavy atom. The third kappa shape index (κ3) is 5.20. The van der Waals surface area contributed by atoms with Crippen LogP contribution < -0.4 is 0 Å². The monoisotopic (exact) mass is 530 g/mol. The Morgan fingerprint density at radius 1 is 0.974 bits per heavy atom. The van der Waals surface area contributed by atoms with E-state index in [1.807, 2.05) is 0 Å². The Morgan fingerprint density at radius 3 is 2.50 bits per heavy atom. The first-order chi connectivity index (χ1) is 18.1. The molecule has 0 radical (unpaired) electrons. The minimum atomic E-state index is -0.794. The molecule has 0 saturated heterocycles. The minimum Gasteiger partial charge on any atom is -0.394 e. The highest BCUT2D eigenvalue weighted by molar-refractivity contribution is 5.28. The van der Waals surface area contributed by atoms with E-state index in [9.17, 15) is 15.3 Å². The summed E-state index contributed by atoms with van der Waals surface area (Å²) >= 11 is 0. The number of ether oxygens (including phenoxy) is 2. The van der Waals surface area contributed by atoms with Gasteiger partial charge in [0, 0.05) is 0 Å². The first kappa shape index (κ1) is 28.8. The molecule has 0 aromatic rings. The molecule has 216 valence electrons. The van der Waals surface area contributed by atoms with Crippen LogP contribution in [0.4, 0.5) is 0 Å². The van der Waals surface area contributed by atoms with Gasteiger partial charge < -0.3 is 24.8 Å². The van der Waals surface area contributed by atoms with Crippen LogP contribution in [0.2, 0.25) is 0 Å². The molecule has 3 saturated carbocycles. The van der Waals surface area contributed by atoms with Gasteiger partial charge in [-0.1, -0.05) is 71.6 Å². The van der Waals surface area contributed by atoms with Gasteiger partial charge in [0.05, 0.1) is 18.8 Å². The van der Waals surface area contributed by atoms with Crippen LogP contribution in [0, 0.1) is 46.3 Å². The highest BCUT2D eigenvalue weighted by atomic mass is 16.7. The highest BCUT2D eigenvalue weighted by Gasteiger charge is 2.61. The molecule has 5 rings (SSSR count). The van der Waals surface area contributed by atoms with Gasteiger partial charge in [-0.05, 0) is 97.4 Å². The largest absolute Gasteiger partial charge is 0.394 e. The SMILES string of the molecule is CC(C)CCC[C@@H](C)[C@H]1CC[C@H]2[C@@H]3[C@H](O)C=C4C[C@@H](O[C@@H]5C=C[C@H](O)[C@@H](CO)O5)CC[C@]4(C)[C@H]3CC[C@]12C. The van der Waals surface area contributed by atoms with Crippen molar-refractivity contribution >= 4 is 0 Å². The fourth-order valence-corrected chi connectivity index (χ4v) is 9.80. The predicted octanol–water partition coefficient (Wildman–Crippen LogP) is 6.02. The molecule has 0 amide bonds. The molecular formula is C33H54O5. The molecule has 3 N–H and O–H groups in total. The van der Waals surface area contributed by atoms with Gasteiger partial charge in [0.1, 0.15) is 12.2 Å². The van der Waals surface area contributed by atoms with Crippen molar-refractivity contribution in [2.45, 2.75) is 130 Å². The maximum Gasteiger partial charge on any atom is 0.177 e. The van der Waals surface area contributed by atoms with Crippen LogP contribution in [0.15, 0.2) is 23.8 Å². The molecule has 0 unspecified atom stereocenters. The zero-order chi connectivity index (χ0) is 27.2. The Balaban J connectivity index is 1.27. The quantitative estimate of drug-likeness (QED) is 0.335. The number of hydrogen-bond donors (Lipinski definition) is 3. The molecular weight excluding hydrogens is 476 g/mol. The van der Waals surface area contributed by atoms with Crippen LogP contribution in [-0.4, -0.2) is 52.6 Å². The number of aliphatic hydroxyl groups is 3. The fraction of sp³-hybridized carbons (Fsp3) is 0.879. The average Bonchev–Trinajstić information content (AvgIpc) is 3.23. The summed E-state index contributed by atoms with van der Waals surface area (Å²) in [5.74, 6) is 3.91. The predicted molar refractivity (Wildman–Crippen MR) is 150 cm³/mol. The van der Waals surface area contributed by atoms with E-state index in [0.29, 0.717) is 23.2 Å². The molecule has 5 heteroatoms. The van der Waals surface area contributed by atoms with Crippen molar-refractivity contribution in [1.82, 2.24) is 0 Å². The van der Waals surface area contributed by atoms with E-state index in [2.05, 4.69) is 40.7 Å². The lowest BCUT2D eigenvalue weighted by atomic mass is 9.46. The van der Waals surface area contributed by atoms with Crippen LogP contribution in [0.5, 0.6) is 0 Å². The highest BCUT2D eigenvalue weighted by Crippen LogP contribution is 2.67. The molecule has 3 fully saturated rings. The molecule has 4 aliphatic carbocycles. The van der Waals surface area contributed by atoms with Crippen LogP contribution in [0.3, 0.4) is 0 Å². The normalized spacial score (nSPS) is 47.3. The second-order valence-electron chi connectivity index (χ2n) is 14.5. The van der Waals surface area contributed by atoms with Crippen molar-refractivity contribution in [3.63, 3.8) is 0 Å². The Labute approximate surface area is 231 Å². The van der Waals surface area contributed by atoms with Gasteiger partial charge in [-0.15, -0.1) is 0 Å². The van der Waals surface area contributed by atoms with Gasteiger partial charge in [0.15, 0.2) is 6.29 Å². The molecule has 0 aromatic heterocycles. The van der Waals surface area contributed by atoms with Gasteiger partial charge in [0.25, 0.3) is 0 Å². The third-order valence-electron chi connectivity index (χ3n) is 11.9. The summed E-state index contributed by atoms with van der Waals surface area (Å²) in [6, 6.07) is 0. The number of hydrogen-bond acceptors (Lipinski definition) is 5. The number of fused-ring (bicyclic) bond motifs is 5. The summed E-state index contributed by atoms with van der Waals surface area (Å²) in [4.78, 5) is 0. The molecule has 1 heterocycles. The first-order valence-corrected chi connectivity index (χ1v) is 15.7. The van der Waals surface area contributed by atoms with Crippen molar-refractivity contribution in [3.8, 4) is 0 Å². The second kappa shape index (κ2) is 11.3. The Bertz CT molecular complexity index is 883. The van der Waals surface area contributed by atoms with Gasteiger partial charge in [-0.25, -0.2) is 0 Å². The maximum absolute atomic E-state index is 11.6. The Kier molecular flexibility index (Phi) is 8.55. The number of aliphatic hydroxyl groups excluding tert-OH is 3. The molecule has 0 aromatic carbocycles. The third-order valence-corrected chi connectivity index (χ3v) is 11.9. The lowest BCUT2D eigenvalue weighted by molar-refractivity contribution is -0.204. The summed E-state index contributed by atoms with van der Waals surface area (Å²) in [5, 5.41) is 31.1. The topological polar surface area (TPSA) is 79.2 Å². The van der Waals surface area contributed by atoms with Crippen molar-refractivity contribution in [2.24, 2.45) is 46.3 Å². The molecule has 5 aliphatic rings. The zero-order valence-electron chi connectivity index (χ0n) is 24.5. The van der Waals surface area contributed by atoms with E-state index in [1.165, 1.54) is 50.5 Å². The van der Waals surface area contributed by atoms with E-state index in [0.717, 1.165) is 37.0 Å². The zero-order valence-corrected chi connectivity index (χ0v) is 24.5. The van der Waals surface area contributed by atoms with Gasteiger partial charge in [-0.3, -0.25) is 0 Å². The van der Waals surface area contributed by atoms with Crippen molar-refractivity contribution in [2.75, 3.05) is 6.61 Å². The van der Waals surface area contributed by atoms with Crippen LogP contribution in [-0.2, 0) is 9.47 Å². The maximum atomic E-state index is 11.6. The summed E-state index contributed by atoms with van der Waals surface area (Å²) < 4.78 is 12.1. The summed E-state index contributed by atoms with van der Waals surface area (Å²) in [6.45, 7) is 12.0. The fourth-order valence-electron chi connectivity index (χ4n) is 9.80. The lowest BCUT2D eigenvalue weighted by Crippen LogP contribution is -2.55. The average molecular weight is 531 g/mol. The second-order valence-corrected chi connectivity index (χ2v) is 14.5. The van der Waals surface area contributed by atoms with Crippen molar-refractivity contribution < 1.29 is 24.8 Å². The summed E-state index contributed by atoms with van der Waals surface area (Å²) in [6.07, 6.45) is 15.4.